The van der Waals surface area contributed by atoms with Gasteiger partial charge in [-0.2, -0.15) is 0 Å². The normalized spacial score (nSPS) is 10.0. The number of halogens is 1. The third-order valence-corrected chi connectivity index (χ3v) is 3.46. The largest absolute Gasteiger partial charge is 0.493 e. The number of rotatable bonds is 7. The van der Waals surface area contributed by atoms with E-state index in [-0.39, 0.29) is 24.8 Å². The van der Waals surface area contributed by atoms with Crippen molar-refractivity contribution in [2.75, 3.05) is 20.8 Å². The molecule has 0 aromatic heterocycles. The maximum atomic E-state index is 12.8. The number of amides is 2. The number of carbonyl (C=O) groups excluding carboxylic acids is 2. The number of ether oxygens (including phenoxy) is 2. The molecule has 0 aliphatic rings. The Hall–Kier alpha value is -3.09. The molecule has 0 atom stereocenters. The van der Waals surface area contributed by atoms with Gasteiger partial charge >= 0.3 is 0 Å². The van der Waals surface area contributed by atoms with E-state index in [2.05, 4.69) is 10.6 Å². The van der Waals surface area contributed by atoms with Gasteiger partial charge in [0.05, 0.1) is 20.8 Å². The highest BCUT2D eigenvalue weighted by molar-refractivity contribution is 5.97. The number of hydrogen-bond acceptors (Lipinski definition) is 4. The van der Waals surface area contributed by atoms with Crippen molar-refractivity contribution in [3.8, 4) is 11.5 Å². The molecule has 132 valence electrons. The van der Waals surface area contributed by atoms with Gasteiger partial charge in [-0.15, -0.1) is 0 Å². The average molecular weight is 346 g/mol. The molecule has 0 aliphatic heterocycles. The standard InChI is InChI=1S/C18H19FN2O4/c1-24-15-8-5-13(9-16(15)25-2)18(23)21-11-17(22)20-10-12-3-6-14(19)7-4-12/h3-9H,10-11H2,1-2H3,(H,20,22)(H,21,23). The molecule has 2 aromatic carbocycles. The van der Waals surface area contributed by atoms with E-state index in [1.807, 2.05) is 0 Å². The van der Waals surface area contributed by atoms with Crippen molar-refractivity contribution >= 4 is 11.8 Å². The van der Waals surface area contributed by atoms with Crippen molar-refractivity contribution in [2.24, 2.45) is 0 Å². The smallest absolute Gasteiger partial charge is 0.251 e. The summed E-state index contributed by atoms with van der Waals surface area (Å²) < 4.78 is 23.1. The lowest BCUT2D eigenvalue weighted by Gasteiger charge is -2.10. The molecule has 0 saturated heterocycles. The van der Waals surface area contributed by atoms with Gasteiger partial charge in [0.1, 0.15) is 5.82 Å². The molecule has 7 heteroatoms. The van der Waals surface area contributed by atoms with Crippen molar-refractivity contribution < 1.29 is 23.5 Å². The molecule has 0 heterocycles. The van der Waals surface area contributed by atoms with E-state index < -0.39 is 5.91 Å². The fourth-order valence-corrected chi connectivity index (χ4v) is 2.11. The lowest BCUT2D eigenvalue weighted by Crippen LogP contribution is -2.36. The van der Waals surface area contributed by atoms with Crippen LogP contribution in [0.3, 0.4) is 0 Å². The summed E-state index contributed by atoms with van der Waals surface area (Å²) in [6.45, 7) is 0.0831. The minimum absolute atomic E-state index is 0.172. The Morgan fingerprint density at radius 3 is 2.28 bits per heavy atom. The topological polar surface area (TPSA) is 76.7 Å². The lowest BCUT2D eigenvalue weighted by molar-refractivity contribution is -0.120. The molecule has 0 fully saturated rings. The minimum atomic E-state index is -0.405. The molecule has 25 heavy (non-hydrogen) atoms. The molecule has 0 spiro atoms. The first-order valence-electron chi connectivity index (χ1n) is 7.55. The zero-order valence-electron chi connectivity index (χ0n) is 14.0. The fraction of sp³-hybridized carbons (Fsp3) is 0.222. The van der Waals surface area contributed by atoms with Gasteiger partial charge in [-0.05, 0) is 35.9 Å². The van der Waals surface area contributed by atoms with E-state index in [1.165, 1.54) is 32.4 Å². The Balaban J connectivity index is 1.84. The monoisotopic (exact) mass is 346 g/mol. The van der Waals surface area contributed by atoms with Crippen LogP contribution in [0, 0.1) is 5.82 Å². The zero-order valence-corrected chi connectivity index (χ0v) is 14.0. The summed E-state index contributed by atoms with van der Waals surface area (Å²) >= 11 is 0. The molecule has 0 saturated carbocycles. The van der Waals surface area contributed by atoms with Crippen LogP contribution in [0.1, 0.15) is 15.9 Å². The van der Waals surface area contributed by atoms with Crippen molar-refractivity contribution in [2.45, 2.75) is 6.54 Å². The summed E-state index contributed by atoms with van der Waals surface area (Å²) in [7, 11) is 2.98. The third kappa shape index (κ3) is 5.20. The van der Waals surface area contributed by atoms with Crippen LogP contribution in [-0.4, -0.2) is 32.6 Å². The summed E-state index contributed by atoms with van der Waals surface area (Å²) in [5.74, 6) is -0.153. The minimum Gasteiger partial charge on any atom is -0.493 e. The van der Waals surface area contributed by atoms with Crippen molar-refractivity contribution in [1.82, 2.24) is 10.6 Å². The molecule has 2 N–H and O–H groups in total. The van der Waals surface area contributed by atoms with Crippen LogP contribution in [0.25, 0.3) is 0 Å². The number of hydrogen-bond donors (Lipinski definition) is 2. The maximum absolute atomic E-state index is 12.8. The first-order valence-corrected chi connectivity index (χ1v) is 7.55. The van der Waals surface area contributed by atoms with E-state index in [0.29, 0.717) is 17.1 Å². The maximum Gasteiger partial charge on any atom is 0.251 e. The molecule has 0 radical (unpaired) electrons. The second kappa shape index (κ2) is 8.68. The van der Waals surface area contributed by atoms with E-state index in [9.17, 15) is 14.0 Å². The van der Waals surface area contributed by atoms with E-state index >= 15 is 0 Å². The van der Waals surface area contributed by atoms with E-state index in [1.54, 1.807) is 24.3 Å². The van der Waals surface area contributed by atoms with Crippen LogP contribution in [0.15, 0.2) is 42.5 Å². The predicted molar refractivity (Wildman–Crippen MR) is 90.1 cm³/mol. The average Bonchev–Trinajstić information content (AvgIpc) is 2.64. The Labute approximate surface area is 144 Å². The number of benzene rings is 2. The van der Waals surface area contributed by atoms with Crippen LogP contribution < -0.4 is 20.1 Å². The molecule has 0 aliphatic carbocycles. The van der Waals surface area contributed by atoms with Crippen LogP contribution in [-0.2, 0) is 11.3 Å². The van der Waals surface area contributed by atoms with Crippen LogP contribution >= 0.6 is 0 Å². The summed E-state index contributed by atoms with van der Waals surface area (Å²) in [5, 5.41) is 5.17. The third-order valence-electron chi connectivity index (χ3n) is 3.46. The van der Waals surface area contributed by atoms with Gasteiger partial charge in [0.2, 0.25) is 5.91 Å². The van der Waals surface area contributed by atoms with Crippen LogP contribution in [0.4, 0.5) is 4.39 Å². The molecular weight excluding hydrogens is 327 g/mol. The summed E-state index contributed by atoms with van der Waals surface area (Å²) in [6, 6.07) is 10.5. The highest BCUT2D eigenvalue weighted by Gasteiger charge is 2.11. The van der Waals surface area contributed by atoms with Gasteiger partial charge < -0.3 is 20.1 Å². The molecule has 6 nitrogen and oxygen atoms in total. The first kappa shape index (κ1) is 18.3. The molecule has 2 amide bonds. The van der Waals surface area contributed by atoms with Crippen molar-refractivity contribution in [3.05, 3.63) is 59.4 Å². The first-order chi connectivity index (χ1) is 12.0. The van der Waals surface area contributed by atoms with Gasteiger partial charge in [-0.1, -0.05) is 12.1 Å². The van der Waals surface area contributed by atoms with E-state index in [0.717, 1.165) is 5.56 Å². The highest BCUT2D eigenvalue weighted by Crippen LogP contribution is 2.27. The molecule has 0 unspecified atom stereocenters. The number of nitrogens with one attached hydrogen (secondary N) is 2. The summed E-state index contributed by atoms with van der Waals surface area (Å²) in [5.41, 5.74) is 1.12. The van der Waals surface area contributed by atoms with Crippen LogP contribution in [0.5, 0.6) is 11.5 Å². The second-order valence-electron chi connectivity index (χ2n) is 5.16. The van der Waals surface area contributed by atoms with Gasteiger partial charge in [0, 0.05) is 12.1 Å². The van der Waals surface area contributed by atoms with Crippen molar-refractivity contribution in [1.29, 1.82) is 0 Å². The summed E-state index contributed by atoms with van der Waals surface area (Å²) in [6.07, 6.45) is 0. The highest BCUT2D eigenvalue weighted by atomic mass is 19.1. The molecule has 0 bridgehead atoms. The Bertz CT molecular complexity index is 747. The number of carbonyl (C=O) groups is 2. The van der Waals surface area contributed by atoms with E-state index in [4.69, 9.17) is 9.47 Å². The zero-order chi connectivity index (χ0) is 18.2. The number of methoxy groups -OCH3 is 2. The Morgan fingerprint density at radius 2 is 1.64 bits per heavy atom. The predicted octanol–water partition coefficient (Wildman–Crippen LogP) is 1.89. The molecular formula is C18H19FN2O4. The van der Waals surface area contributed by atoms with Crippen LogP contribution in [0.2, 0.25) is 0 Å². The van der Waals surface area contributed by atoms with Gasteiger partial charge in [0.15, 0.2) is 11.5 Å². The van der Waals surface area contributed by atoms with Gasteiger partial charge in [0.25, 0.3) is 5.91 Å². The lowest BCUT2D eigenvalue weighted by atomic mass is 10.2. The quantitative estimate of drug-likeness (QED) is 0.803. The van der Waals surface area contributed by atoms with Crippen molar-refractivity contribution in [3.63, 3.8) is 0 Å². The van der Waals surface area contributed by atoms with Gasteiger partial charge in [-0.25, -0.2) is 4.39 Å². The SMILES string of the molecule is COc1ccc(C(=O)NCC(=O)NCc2ccc(F)cc2)cc1OC. The Kier molecular flexibility index (Phi) is 6.33. The fourth-order valence-electron chi connectivity index (χ4n) is 2.11. The molecule has 2 rings (SSSR count). The summed E-state index contributed by atoms with van der Waals surface area (Å²) in [4.78, 5) is 23.9. The van der Waals surface area contributed by atoms with Gasteiger partial charge in [-0.3, -0.25) is 9.59 Å². The Morgan fingerprint density at radius 1 is 0.960 bits per heavy atom. The molecule has 2 aromatic rings. The second-order valence-corrected chi connectivity index (χ2v) is 5.16.